The molecule has 0 spiro atoms. The van der Waals surface area contributed by atoms with Gasteiger partial charge in [-0.2, -0.15) is 5.10 Å². The number of carbonyl (C=O) groups excluding carboxylic acids is 1. The lowest BCUT2D eigenvalue weighted by molar-refractivity contribution is -0.148. The van der Waals surface area contributed by atoms with E-state index in [-0.39, 0.29) is 12.0 Å². The van der Waals surface area contributed by atoms with Crippen LogP contribution in [0.25, 0.3) is 0 Å². The van der Waals surface area contributed by atoms with Gasteiger partial charge in [0.1, 0.15) is 6.10 Å². The SMILES string of the molecule is CCC(OC1CCCCC1)C(=O)N1CCC(Cc2cnn(C)c2)C1. The van der Waals surface area contributed by atoms with Gasteiger partial charge in [0.25, 0.3) is 5.91 Å². The molecular weight excluding hydrogens is 302 g/mol. The summed E-state index contributed by atoms with van der Waals surface area (Å²) in [4.78, 5) is 14.9. The van der Waals surface area contributed by atoms with Crippen LogP contribution in [0.4, 0.5) is 0 Å². The number of aromatic nitrogens is 2. The Labute approximate surface area is 145 Å². The Bertz CT molecular complexity index is 536. The Morgan fingerprint density at radius 2 is 2.12 bits per heavy atom. The molecule has 5 nitrogen and oxygen atoms in total. The van der Waals surface area contributed by atoms with E-state index in [0.717, 1.165) is 45.2 Å². The van der Waals surface area contributed by atoms with E-state index >= 15 is 0 Å². The molecule has 24 heavy (non-hydrogen) atoms. The van der Waals surface area contributed by atoms with Crippen LogP contribution in [0, 0.1) is 5.92 Å². The lowest BCUT2D eigenvalue weighted by atomic mass is 9.97. The van der Waals surface area contributed by atoms with E-state index in [0.29, 0.717) is 12.0 Å². The molecular formula is C19H31N3O2. The number of hydrogen-bond acceptors (Lipinski definition) is 3. The molecule has 0 aromatic carbocycles. The van der Waals surface area contributed by atoms with Crippen LogP contribution < -0.4 is 0 Å². The van der Waals surface area contributed by atoms with E-state index in [1.165, 1.54) is 24.8 Å². The van der Waals surface area contributed by atoms with Gasteiger partial charge in [0.05, 0.1) is 12.3 Å². The summed E-state index contributed by atoms with van der Waals surface area (Å²) in [6, 6.07) is 0. The van der Waals surface area contributed by atoms with Gasteiger partial charge in [0.2, 0.25) is 0 Å². The van der Waals surface area contributed by atoms with Crippen molar-refractivity contribution in [3.05, 3.63) is 18.0 Å². The Morgan fingerprint density at radius 3 is 2.79 bits per heavy atom. The van der Waals surface area contributed by atoms with Gasteiger partial charge in [0, 0.05) is 26.3 Å². The van der Waals surface area contributed by atoms with Gasteiger partial charge in [-0.05, 0) is 43.6 Å². The highest BCUT2D eigenvalue weighted by Crippen LogP contribution is 2.25. The van der Waals surface area contributed by atoms with Gasteiger partial charge in [0.15, 0.2) is 0 Å². The molecule has 0 bridgehead atoms. The van der Waals surface area contributed by atoms with Crippen molar-refractivity contribution in [1.82, 2.24) is 14.7 Å². The molecule has 1 aromatic heterocycles. The van der Waals surface area contributed by atoms with Crippen molar-refractivity contribution in [1.29, 1.82) is 0 Å². The molecule has 2 aliphatic rings. The fourth-order valence-electron chi connectivity index (χ4n) is 4.08. The van der Waals surface area contributed by atoms with Crippen molar-refractivity contribution in [2.75, 3.05) is 13.1 Å². The second-order valence-electron chi connectivity index (χ2n) is 7.46. The van der Waals surface area contributed by atoms with E-state index in [2.05, 4.69) is 18.2 Å². The lowest BCUT2D eigenvalue weighted by Crippen LogP contribution is -2.41. The summed E-state index contributed by atoms with van der Waals surface area (Å²) in [5.74, 6) is 0.752. The van der Waals surface area contributed by atoms with Crippen molar-refractivity contribution in [3.8, 4) is 0 Å². The Balaban J connectivity index is 1.50. The van der Waals surface area contributed by atoms with Crippen molar-refractivity contribution >= 4 is 5.91 Å². The number of amides is 1. The molecule has 1 saturated heterocycles. The summed E-state index contributed by atoms with van der Waals surface area (Å²) in [5.41, 5.74) is 1.27. The van der Waals surface area contributed by atoms with Crippen LogP contribution in [-0.2, 0) is 23.0 Å². The molecule has 2 fully saturated rings. The minimum absolute atomic E-state index is 0.205. The number of ether oxygens (including phenoxy) is 1. The monoisotopic (exact) mass is 333 g/mol. The number of rotatable bonds is 6. The first-order chi connectivity index (χ1) is 11.7. The highest BCUT2D eigenvalue weighted by atomic mass is 16.5. The second-order valence-corrected chi connectivity index (χ2v) is 7.46. The van der Waals surface area contributed by atoms with Crippen molar-refractivity contribution in [2.45, 2.75) is 70.5 Å². The lowest BCUT2D eigenvalue weighted by Gasteiger charge is -2.29. The Hall–Kier alpha value is -1.36. The average molecular weight is 333 g/mol. The second kappa shape index (κ2) is 8.15. The molecule has 1 saturated carbocycles. The topological polar surface area (TPSA) is 47.4 Å². The van der Waals surface area contributed by atoms with Crippen LogP contribution >= 0.6 is 0 Å². The average Bonchev–Trinajstić information content (AvgIpc) is 3.22. The van der Waals surface area contributed by atoms with Crippen molar-refractivity contribution in [2.24, 2.45) is 13.0 Å². The molecule has 134 valence electrons. The molecule has 1 aromatic rings. The van der Waals surface area contributed by atoms with E-state index in [1.54, 1.807) is 0 Å². The largest absolute Gasteiger partial charge is 0.365 e. The highest BCUT2D eigenvalue weighted by Gasteiger charge is 2.32. The van der Waals surface area contributed by atoms with Gasteiger partial charge in [-0.1, -0.05) is 26.2 Å². The van der Waals surface area contributed by atoms with Crippen LogP contribution in [0.3, 0.4) is 0 Å². The molecule has 1 aliphatic carbocycles. The number of hydrogen-bond donors (Lipinski definition) is 0. The summed E-state index contributed by atoms with van der Waals surface area (Å²) in [6.07, 6.45) is 13.0. The van der Waals surface area contributed by atoms with Crippen LogP contribution in [0.5, 0.6) is 0 Å². The zero-order valence-electron chi connectivity index (χ0n) is 15.1. The van der Waals surface area contributed by atoms with Crippen molar-refractivity contribution in [3.63, 3.8) is 0 Å². The van der Waals surface area contributed by atoms with Crippen LogP contribution in [0.2, 0.25) is 0 Å². The predicted molar refractivity (Wildman–Crippen MR) is 93.6 cm³/mol. The third kappa shape index (κ3) is 4.38. The number of aryl methyl sites for hydroxylation is 1. The Morgan fingerprint density at radius 1 is 1.33 bits per heavy atom. The molecule has 1 aliphatic heterocycles. The van der Waals surface area contributed by atoms with Crippen LogP contribution in [0.1, 0.15) is 57.4 Å². The minimum atomic E-state index is -0.245. The van der Waals surface area contributed by atoms with E-state index in [4.69, 9.17) is 4.74 Å². The molecule has 2 unspecified atom stereocenters. The maximum Gasteiger partial charge on any atom is 0.251 e. The van der Waals surface area contributed by atoms with Gasteiger partial charge in [-0.15, -0.1) is 0 Å². The molecule has 3 rings (SSSR count). The molecule has 2 atom stereocenters. The highest BCUT2D eigenvalue weighted by molar-refractivity contribution is 5.81. The maximum atomic E-state index is 12.8. The fraction of sp³-hybridized carbons (Fsp3) is 0.789. The van der Waals surface area contributed by atoms with Gasteiger partial charge in [-0.25, -0.2) is 0 Å². The van der Waals surface area contributed by atoms with E-state index in [9.17, 15) is 4.79 Å². The summed E-state index contributed by atoms with van der Waals surface area (Å²) in [5, 5.41) is 4.24. The zero-order valence-corrected chi connectivity index (χ0v) is 15.1. The van der Waals surface area contributed by atoms with Crippen LogP contribution in [0.15, 0.2) is 12.4 Å². The normalized spacial score (nSPS) is 23.6. The standard InChI is InChI=1S/C19H31N3O2/c1-3-18(24-17-7-5-4-6-8-17)19(23)22-10-9-15(14-22)11-16-12-20-21(2)13-16/h12-13,15,17-18H,3-11,14H2,1-2H3. The van der Waals surface area contributed by atoms with Gasteiger partial charge < -0.3 is 9.64 Å². The predicted octanol–water partition coefficient (Wildman–Crippen LogP) is 2.94. The molecule has 2 heterocycles. The van der Waals surface area contributed by atoms with E-state index in [1.807, 2.05) is 22.8 Å². The first-order valence-electron chi connectivity index (χ1n) is 9.57. The summed E-state index contributed by atoms with van der Waals surface area (Å²) in [7, 11) is 1.95. The third-order valence-corrected chi connectivity index (χ3v) is 5.44. The van der Waals surface area contributed by atoms with Crippen LogP contribution in [-0.4, -0.2) is 45.9 Å². The van der Waals surface area contributed by atoms with Gasteiger partial charge >= 0.3 is 0 Å². The first kappa shape index (κ1) is 17.5. The smallest absolute Gasteiger partial charge is 0.251 e. The zero-order chi connectivity index (χ0) is 16.9. The summed E-state index contributed by atoms with van der Waals surface area (Å²) in [6.45, 7) is 3.79. The minimum Gasteiger partial charge on any atom is -0.365 e. The summed E-state index contributed by atoms with van der Waals surface area (Å²) >= 11 is 0. The molecule has 0 radical (unpaired) electrons. The maximum absolute atomic E-state index is 12.8. The number of carbonyl (C=O) groups is 1. The van der Waals surface area contributed by atoms with Gasteiger partial charge in [-0.3, -0.25) is 9.48 Å². The van der Waals surface area contributed by atoms with E-state index < -0.39 is 0 Å². The molecule has 0 N–H and O–H groups in total. The van der Waals surface area contributed by atoms with Crippen molar-refractivity contribution < 1.29 is 9.53 Å². The number of nitrogens with zero attached hydrogens (tertiary/aromatic N) is 3. The summed E-state index contributed by atoms with van der Waals surface area (Å²) < 4.78 is 8.01. The Kier molecular flexibility index (Phi) is 5.93. The third-order valence-electron chi connectivity index (χ3n) is 5.44. The molecule has 1 amide bonds. The fourth-order valence-corrected chi connectivity index (χ4v) is 4.08. The first-order valence-corrected chi connectivity index (χ1v) is 9.57. The quantitative estimate of drug-likeness (QED) is 0.804. The molecule has 5 heteroatoms. The number of likely N-dealkylation sites (tertiary alicyclic amines) is 1.